The third-order valence-electron chi connectivity index (χ3n) is 11.8. The summed E-state index contributed by atoms with van der Waals surface area (Å²) in [6.45, 7) is 11.6. The molecule has 0 aliphatic heterocycles. The summed E-state index contributed by atoms with van der Waals surface area (Å²) in [4.78, 5) is 27.6. The van der Waals surface area contributed by atoms with Gasteiger partial charge in [0.1, 0.15) is 0 Å². The van der Waals surface area contributed by atoms with Crippen molar-refractivity contribution in [3.05, 3.63) is 0 Å². The Labute approximate surface area is 330 Å². The lowest BCUT2D eigenvalue weighted by atomic mass is 9.94. The van der Waals surface area contributed by atoms with Crippen LogP contribution < -0.4 is 0 Å². The van der Waals surface area contributed by atoms with Crippen molar-refractivity contribution in [2.75, 3.05) is 39.5 Å². The van der Waals surface area contributed by atoms with Crippen molar-refractivity contribution in [2.24, 2.45) is 11.3 Å². The Bertz CT molecular complexity index is 801. The number of rotatable bonds is 42. The van der Waals surface area contributed by atoms with Crippen LogP contribution >= 0.6 is 0 Å². The molecule has 0 aromatic heterocycles. The highest BCUT2D eigenvalue weighted by molar-refractivity contribution is 5.70. The maximum absolute atomic E-state index is 13.0. The van der Waals surface area contributed by atoms with E-state index in [-0.39, 0.29) is 24.0 Å². The molecule has 6 heteroatoms. The first-order valence-electron chi connectivity index (χ1n) is 23.6. The fourth-order valence-corrected chi connectivity index (χ4v) is 7.89. The fourth-order valence-electron chi connectivity index (χ4n) is 7.89. The molecule has 53 heavy (non-hydrogen) atoms. The minimum Gasteiger partial charge on any atom is -0.466 e. The van der Waals surface area contributed by atoms with Gasteiger partial charge in [-0.1, -0.05) is 156 Å². The number of carbonyl (C=O) groups is 2. The first kappa shape index (κ1) is 49.9. The summed E-state index contributed by atoms with van der Waals surface area (Å²) in [7, 11) is 0. The van der Waals surface area contributed by atoms with E-state index in [0.717, 1.165) is 58.2 Å². The first-order valence-corrected chi connectivity index (χ1v) is 23.6. The topological polar surface area (TPSA) is 76.1 Å². The zero-order chi connectivity index (χ0) is 38.5. The summed E-state index contributed by atoms with van der Waals surface area (Å²) >= 11 is 0. The van der Waals surface area contributed by atoms with E-state index in [0.29, 0.717) is 32.0 Å². The van der Waals surface area contributed by atoms with Crippen LogP contribution in [0.1, 0.15) is 239 Å². The molecule has 314 valence electrons. The summed E-state index contributed by atoms with van der Waals surface area (Å²) in [5, 5.41) is 9.31. The number of hydrogen-bond acceptors (Lipinski definition) is 6. The van der Waals surface area contributed by atoms with E-state index in [4.69, 9.17) is 9.47 Å². The van der Waals surface area contributed by atoms with Crippen molar-refractivity contribution in [3.63, 3.8) is 0 Å². The average Bonchev–Trinajstić information content (AvgIpc) is 3.92. The highest BCUT2D eigenvalue weighted by Gasteiger charge is 2.44. The highest BCUT2D eigenvalue weighted by Crippen LogP contribution is 2.53. The number of esters is 2. The zero-order valence-electron chi connectivity index (χ0n) is 35.9. The molecule has 1 N–H and O–H groups in total. The first-order chi connectivity index (χ1) is 26.0. The van der Waals surface area contributed by atoms with Crippen LogP contribution in [0.15, 0.2) is 0 Å². The van der Waals surface area contributed by atoms with Crippen LogP contribution in [-0.2, 0) is 19.1 Å². The van der Waals surface area contributed by atoms with Crippen molar-refractivity contribution in [2.45, 2.75) is 239 Å². The monoisotopic (exact) mass is 750 g/mol. The second-order valence-electron chi connectivity index (χ2n) is 17.1. The lowest BCUT2D eigenvalue weighted by Gasteiger charge is -2.22. The lowest BCUT2D eigenvalue weighted by Crippen LogP contribution is -2.27. The third kappa shape index (κ3) is 31.7. The molecule has 0 bridgehead atoms. The highest BCUT2D eigenvalue weighted by atomic mass is 16.5. The number of nitrogens with zero attached hydrogens (tertiary/aromatic N) is 1. The molecule has 6 nitrogen and oxygen atoms in total. The number of hydrogen-bond donors (Lipinski definition) is 1. The molecule has 0 heterocycles. The standard InChI is InChI=1S/C47H91NO5/c1-4-7-10-13-14-18-24-33-45(50)52-41-30-20-15-19-26-37-48(39-28-29-40-49)38-27-21-25-34-47(35-36-47)42-46(51)53-43-44(31-22-16-11-8-5-2)32-23-17-12-9-6-3/h44,49H,4-43H2,1-3H3. The summed E-state index contributed by atoms with van der Waals surface area (Å²) in [5.41, 5.74) is 0.222. The van der Waals surface area contributed by atoms with E-state index in [9.17, 15) is 14.7 Å². The number of carbonyl (C=O) groups excluding carboxylic acids is 2. The van der Waals surface area contributed by atoms with Gasteiger partial charge in [0.2, 0.25) is 0 Å². The van der Waals surface area contributed by atoms with Crippen LogP contribution in [0, 0.1) is 11.3 Å². The van der Waals surface area contributed by atoms with Gasteiger partial charge in [-0.15, -0.1) is 0 Å². The minimum absolute atomic E-state index is 0.0160. The lowest BCUT2D eigenvalue weighted by molar-refractivity contribution is -0.147. The van der Waals surface area contributed by atoms with Gasteiger partial charge in [-0.25, -0.2) is 0 Å². The van der Waals surface area contributed by atoms with E-state index in [2.05, 4.69) is 25.7 Å². The van der Waals surface area contributed by atoms with E-state index >= 15 is 0 Å². The molecule has 0 unspecified atom stereocenters. The number of unbranched alkanes of at least 4 members (excludes halogenated alkanes) is 21. The Morgan fingerprint density at radius 2 is 1.02 bits per heavy atom. The molecule has 0 aromatic rings. The third-order valence-corrected chi connectivity index (χ3v) is 11.8. The molecule has 1 rings (SSSR count). The Morgan fingerprint density at radius 3 is 1.57 bits per heavy atom. The number of aliphatic hydroxyl groups is 1. The van der Waals surface area contributed by atoms with Gasteiger partial charge in [-0.05, 0) is 102 Å². The van der Waals surface area contributed by atoms with Gasteiger partial charge >= 0.3 is 11.9 Å². The van der Waals surface area contributed by atoms with Crippen LogP contribution in [0.25, 0.3) is 0 Å². The average molecular weight is 750 g/mol. The minimum atomic E-state index is -0.0160. The molecule has 0 atom stereocenters. The summed E-state index contributed by atoms with van der Waals surface area (Å²) in [6.07, 6.45) is 40.2. The van der Waals surface area contributed by atoms with Crippen molar-refractivity contribution in [1.82, 2.24) is 4.90 Å². The van der Waals surface area contributed by atoms with Gasteiger partial charge < -0.3 is 19.5 Å². The maximum atomic E-state index is 13.0. The van der Waals surface area contributed by atoms with Crippen LogP contribution in [-0.4, -0.2) is 61.4 Å². The fraction of sp³-hybridized carbons (Fsp3) is 0.957. The summed E-state index contributed by atoms with van der Waals surface area (Å²) < 4.78 is 11.4. The smallest absolute Gasteiger partial charge is 0.306 e. The van der Waals surface area contributed by atoms with Crippen LogP contribution in [0.2, 0.25) is 0 Å². The largest absolute Gasteiger partial charge is 0.466 e. The number of ether oxygens (including phenoxy) is 2. The zero-order valence-corrected chi connectivity index (χ0v) is 35.9. The Hall–Kier alpha value is -1.14. The van der Waals surface area contributed by atoms with Gasteiger partial charge in [0.15, 0.2) is 0 Å². The van der Waals surface area contributed by atoms with E-state index in [1.165, 1.54) is 167 Å². The second-order valence-corrected chi connectivity index (χ2v) is 17.1. The van der Waals surface area contributed by atoms with Crippen LogP contribution in [0.3, 0.4) is 0 Å². The molecule has 0 saturated heterocycles. The maximum Gasteiger partial charge on any atom is 0.306 e. The Kier molecular flexibility index (Phi) is 34.3. The molecule has 1 fully saturated rings. The van der Waals surface area contributed by atoms with Gasteiger partial charge in [-0.2, -0.15) is 0 Å². The summed E-state index contributed by atoms with van der Waals surface area (Å²) in [5.74, 6) is 0.579. The van der Waals surface area contributed by atoms with Crippen molar-refractivity contribution >= 4 is 11.9 Å². The summed E-state index contributed by atoms with van der Waals surface area (Å²) in [6, 6.07) is 0. The van der Waals surface area contributed by atoms with Crippen molar-refractivity contribution < 1.29 is 24.2 Å². The second kappa shape index (κ2) is 36.5. The van der Waals surface area contributed by atoms with Crippen molar-refractivity contribution in [1.29, 1.82) is 0 Å². The Morgan fingerprint density at radius 1 is 0.547 bits per heavy atom. The molecule has 0 aromatic carbocycles. The van der Waals surface area contributed by atoms with Gasteiger partial charge in [-0.3, -0.25) is 9.59 Å². The Balaban J connectivity index is 2.21. The molecule has 1 saturated carbocycles. The SMILES string of the molecule is CCCCCCCCCC(=O)OCCCCCCCN(CCCCO)CCCCCC1(CC(=O)OCC(CCCCCCC)CCCCCCC)CC1. The van der Waals surface area contributed by atoms with E-state index < -0.39 is 0 Å². The molecular formula is C47H91NO5. The molecule has 1 aliphatic rings. The van der Waals surface area contributed by atoms with Crippen molar-refractivity contribution in [3.8, 4) is 0 Å². The van der Waals surface area contributed by atoms with E-state index in [1.54, 1.807) is 0 Å². The van der Waals surface area contributed by atoms with Crippen LogP contribution in [0.5, 0.6) is 0 Å². The quantitative estimate of drug-likeness (QED) is 0.0495. The van der Waals surface area contributed by atoms with Gasteiger partial charge in [0, 0.05) is 13.0 Å². The van der Waals surface area contributed by atoms with Crippen LogP contribution in [0.4, 0.5) is 0 Å². The normalized spacial score (nSPS) is 13.6. The van der Waals surface area contributed by atoms with Gasteiger partial charge in [0.05, 0.1) is 19.6 Å². The van der Waals surface area contributed by atoms with E-state index in [1.807, 2.05) is 0 Å². The number of aliphatic hydroxyl groups excluding tert-OH is 1. The molecular weight excluding hydrogens is 659 g/mol. The molecule has 0 radical (unpaired) electrons. The molecule has 0 spiro atoms. The molecule has 0 amide bonds. The predicted octanol–water partition coefficient (Wildman–Crippen LogP) is 13.3. The molecule has 1 aliphatic carbocycles. The van der Waals surface area contributed by atoms with Gasteiger partial charge in [0.25, 0.3) is 0 Å². The predicted molar refractivity (Wildman–Crippen MR) is 225 cm³/mol.